The van der Waals surface area contributed by atoms with E-state index in [9.17, 15) is 9.59 Å². The van der Waals surface area contributed by atoms with Gasteiger partial charge in [0.1, 0.15) is 11.4 Å². The molecule has 0 radical (unpaired) electrons. The molecule has 94 valence electrons. The highest BCUT2D eigenvalue weighted by Gasteiger charge is 2.19. The number of rotatable bonds is 6. The summed E-state index contributed by atoms with van der Waals surface area (Å²) in [6, 6.07) is -0.238. The van der Waals surface area contributed by atoms with Gasteiger partial charge in [0.25, 0.3) is 0 Å². The van der Waals surface area contributed by atoms with Crippen molar-refractivity contribution in [1.29, 1.82) is 0 Å². The highest BCUT2D eigenvalue weighted by atomic mass is 16.6. The third-order valence-corrected chi connectivity index (χ3v) is 2.14. The first-order valence-corrected chi connectivity index (χ1v) is 5.72. The van der Waals surface area contributed by atoms with Crippen LogP contribution in [0.5, 0.6) is 0 Å². The lowest BCUT2D eigenvalue weighted by atomic mass is 10.1. The van der Waals surface area contributed by atoms with Gasteiger partial charge in [-0.3, -0.25) is 9.59 Å². The molecule has 0 heterocycles. The molecular weight excluding hydrogens is 206 g/mol. The molecule has 0 aliphatic heterocycles. The van der Waals surface area contributed by atoms with Crippen molar-refractivity contribution in [3.8, 4) is 0 Å². The van der Waals surface area contributed by atoms with E-state index in [1.807, 2.05) is 27.7 Å². The van der Waals surface area contributed by atoms with Gasteiger partial charge in [-0.15, -0.1) is 0 Å². The predicted molar refractivity (Wildman–Crippen MR) is 63.2 cm³/mol. The number of esters is 1. The molecule has 0 amide bonds. The first-order chi connectivity index (χ1) is 7.30. The second-order valence-corrected chi connectivity index (χ2v) is 4.79. The Morgan fingerprint density at radius 2 is 1.88 bits per heavy atom. The minimum absolute atomic E-state index is 0.131. The van der Waals surface area contributed by atoms with Crippen molar-refractivity contribution in [3.05, 3.63) is 0 Å². The molecule has 4 nitrogen and oxygen atoms in total. The second-order valence-electron chi connectivity index (χ2n) is 4.79. The monoisotopic (exact) mass is 229 g/mol. The van der Waals surface area contributed by atoms with Crippen LogP contribution in [0.2, 0.25) is 0 Å². The summed E-state index contributed by atoms with van der Waals surface area (Å²) in [6.45, 7) is 7.31. The van der Waals surface area contributed by atoms with Crippen LogP contribution in [0.4, 0.5) is 0 Å². The molecular formula is C12H23NO3. The van der Waals surface area contributed by atoms with Crippen LogP contribution in [0.3, 0.4) is 0 Å². The smallest absolute Gasteiger partial charge is 0.306 e. The summed E-state index contributed by atoms with van der Waals surface area (Å²) in [6.07, 6.45) is 1.26. The predicted octanol–water partition coefficient (Wildman–Crippen LogP) is 1.68. The number of hydrogen-bond donors (Lipinski definition) is 1. The summed E-state index contributed by atoms with van der Waals surface area (Å²) < 4.78 is 5.17. The third-order valence-electron chi connectivity index (χ3n) is 2.14. The summed E-state index contributed by atoms with van der Waals surface area (Å²) in [5.74, 6) is -0.122. The Morgan fingerprint density at radius 3 is 2.25 bits per heavy atom. The molecule has 0 saturated carbocycles. The molecule has 0 aliphatic rings. The normalized spacial score (nSPS) is 13.3. The fourth-order valence-corrected chi connectivity index (χ4v) is 1.37. The van der Waals surface area contributed by atoms with E-state index >= 15 is 0 Å². The van der Waals surface area contributed by atoms with Crippen molar-refractivity contribution in [2.24, 2.45) is 0 Å². The first-order valence-electron chi connectivity index (χ1n) is 5.72. The van der Waals surface area contributed by atoms with Crippen molar-refractivity contribution in [2.75, 3.05) is 7.05 Å². The summed E-state index contributed by atoms with van der Waals surface area (Å²) in [5.41, 5.74) is -0.457. The summed E-state index contributed by atoms with van der Waals surface area (Å²) in [4.78, 5) is 22.9. The number of ether oxygens (including phenoxy) is 1. The highest BCUT2D eigenvalue weighted by molar-refractivity contribution is 5.84. The third kappa shape index (κ3) is 6.56. The molecule has 0 spiro atoms. The SMILES string of the molecule is CCC(=O)[C@H](CCC(=O)OC(C)(C)C)NC. The van der Waals surface area contributed by atoms with E-state index in [1.165, 1.54) is 0 Å². The lowest BCUT2D eigenvalue weighted by Crippen LogP contribution is -2.34. The van der Waals surface area contributed by atoms with Crippen molar-refractivity contribution in [3.63, 3.8) is 0 Å². The molecule has 16 heavy (non-hydrogen) atoms. The van der Waals surface area contributed by atoms with Gasteiger partial charge in [0.15, 0.2) is 0 Å². The number of hydrogen-bond acceptors (Lipinski definition) is 4. The van der Waals surface area contributed by atoms with Crippen molar-refractivity contribution >= 4 is 11.8 Å². The number of carbonyl (C=O) groups is 2. The van der Waals surface area contributed by atoms with Gasteiger partial charge in [0.2, 0.25) is 0 Å². The Bertz CT molecular complexity index is 243. The molecule has 0 saturated heterocycles. The van der Waals surface area contributed by atoms with Crippen LogP contribution >= 0.6 is 0 Å². The van der Waals surface area contributed by atoms with Crippen LogP contribution in [0.1, 0.15) is 47.0 Å². The maximum absolute atomic E-state index is 11.4. The lowest BCUT2D eigenvalue weighted by molar-refractivity contribution is -0.155. The van der Waals surface area contributed by atoms with Gasteiger partial charge in [-0.25, -0.2) is 0 Å². The first kappa shape index (κ1) is 15.1. The molecule has 0 aliphatic carbocycles. The van der Waals surface area contributed by atoms with Crippen LogP contribution in [-0.2, 0) is 14.3 Å². The summed E-state index contributed by atoms with van der Waals surface area (Å²) in [5, 5.41) is 2.91. The quantitative estimate of drug-likeness (QED) is 0.704. The molecule has 1 N–H and O–H groups in total. The second kappa shape index (κ2) is 6.63. The highest BCUT2D eigenvalue weighted by Crippen LogP contribution is 2.10. The molecule has 0 aromatic heterocycles. The maximum atomic E-state index is 11.4. The van der Waals surface area contributed by atoms with E-state index in [4.69, 9.17) is 4.74 Å². The van der Waals surface area contributed by atoms with Crippen LogP contribution in [0, 0.1) is 0 Å². The number of likely N-dealkylation sites (N-methyl/N-ethyl adjacent to an activating group) is 1. The van der Waals surface area contributed by atoms with Crippen molar-refractivity contribution < 1.29 is 14.3 Å². The fraction of sp³-hybridized carbons (Fsp3) is 0.833. The molecule has 4 heteroatoms. The Kier molecular flexibility index (Phi) is 6.26. The van der Waals surface area contributed by atoms with Crippen LogP contribution in [0.25, 0.3) is 0 Å². The fourth-order valence-electron chi connectivity index (χ4n) is 1.37. The van der Waals surface area contributed by atoms with E-state index < -0.39 is 5.60 Å². The molecule has 0 bridgehead atoms. The van der Waals surface area contributed by atoms with E-state index in [1.54, 1.807) is 7.05 Å². The van der Waals surface area contributed by atoms with E-state index in [-0.39, 0.29) is 24.2 Å². The van der Waals surface area contributed by atoms with Crippen LogP contribution in [0.15, 0.2) is 0 Å². The maximum Gasteiger partial charge on any atom is 0.306 e. The van der Waals surface area contributed by atoms with E-state index in [2.05, 4.69) is 5.32 Å². The number of nitrogens with one attached hydrogen (secondary N) is 1. The van der Waals surface area contributed by atoms with E-state index in [0.29, 0.717) is 12.8 Å². The molecule has 1 atom stereocenters. The molecule has 0 aromatic rings. The zero-order chi connectivity index (χ0) is 12.8. The van der Waals surface area contributed by atoms with Gasteiger partial charge in [0, 0.05) is 12.8 Å². The van der Waals surface area contributed by atoms with Crippen LogP contribution < -0.4 is 5.32 Å². The average Bonchev–Trinajstić information content (AvgIpc) is 2.15. The van der Waals surface area contributed by atoms with Crippen molar-refractivity contribution in [1.82, 2.24) is 5.32 Å². The zero-order valence-electron chi connectivity index (χ0n) is 10.9. The lowest BCUT2D eigenvalue weighted by Gasteiger charge is -2.20. The van der Waals surface area contributed by atoms with Gasteiger partial charge in [-0.2, -0.15) is 0 Å². The Balaban J connectivity index is 4.03. The number of Topliss-reactive ketones (excluding diaryl/α,β-unsaturated/α-hetero) is 1. The minimum Gasteiger partial charge on any atom is -0.460 e. The van der Waals surface area contributed by atoms with Crippen molar-refractivity contribution in [2.45, 2.75) is 58.6 Å². The largest absolute Gasteiger partial charge is 0.460 e. The topological polar surface area (TPSA) is 55.4 Å². The zero-order valence-corrected chi connectivity index (χ0v) is 10.9. The van der Waals surface area contributed by atoms with Gasteiger partial charge in [-0.1, -0.05) is 6.92 Å². The number of carbonyl (C=O) groups excluding carboxylic acids is 2. The average molecular weight is 229 g/mol. The molecule has 0 fully saturated rings. The van der Waals surface area contributed by atoms with Crippen LogP contribution in [-0.4, -0.2) is 30.4 Å². The van der Waals surface area contributed by atoms with E-state index in [0.717, 1.165) is 0 Å². The minimum atomic E-state index is -0.457. The Labute approximate surface area is 97.7 Å². The molecule has 0 aromatic carbocycles. The van der Waals surface area contributed by atoms with Gasteiger partial charge in [-0.05, 0) is 34.2 Å². The van der Waals surface area contributed by atoms with Gasteiger partial charge < -0.3 is 10.1 Å². The molecule has 0 unspecified atom stereocenters. The number of ketones is 1. The molecule has 0 rings (SSSR count). The standard InChI is InChI=1S/C12H23NO3/c1-6-10(14)9(13-5)7-8-11(15)16-12(2,3)4/h9,13H,6-8H2,1-5H3/t9-/m0/s1. The summed E-state index contributed by atoms with van der Waals surface area (Å²) in [7, 11) is 1.73. The Morgan fingerprint density at radius 1 is 1.31 bits per heavy atom. The summed E-state index contributed by atoms with van der Waals surface area (Å²) >= 11 is 0. The van der Waals surface area contributed by atoms with Gasteiger partial charge in [0.05, 0.1) is 6.04 Å². The van der Waals surface area contributed by atoms with Gasteiger partial charge >= 0.3 is 5.97 Å². The Hall–Kier alpha value is -0.900.